The summed E-state index contributed by atoms with van der Waals surface area (Å²) in [6, 6.07) is 0. The first-order chi connectivity index (χ1) is 7.19. The second kappa shape index (κ2) is 3.62. The minimum absolute atomic E-state index is 0.0616. The Morgan fingerprint density at radius 3 is 2.12 bits per heavy atom. The fourth-order valence-electron chi connectivity index (χ4n) is 1.24. The Labute approximate surface area is 85.5 Å². The van der Waals surface area contributed by atoms with E-state index in [2.05, 4.69) is 0 Å². The number of carboxylic acids is 2. The van der Waals surface area contributed by atoms with E-state index in [9.17, 15) is 27.2 Å². The zero-order chi connectivity index (χ0) is 12.7. The quantitative estimate of drug-likeness (QED) is 0.717. The average molecular weight is 240 g/mol. The highest BCUT2D eigenvalue weighted by Crippen LogP contribution is 2.43. The van der Waals surface area contributed by atoms with E-state index >= 15 is 0 Å². The minimum Gasteiger partial charge on any atom is -0.481 e. The molecule has 0 aromatic rings. The molecule has 0 spiro atoms. The molecular formula is C8H4F4O4. The zero-order valence-corrected chi connectivity index (χ0v) is 7.38. The molecule has 0 heterocycles. The van der Waals surface area contributed by atoms with Crippen molar-refractivity contribution in [3.05, 3.63) is 23.3 Å². The smallest absolute Gasteiger partial charge is 0.332 e. The third-order valence-corrected chi connectivity index (χ3v) is 1.95. The van der Waals surface area contributed by atoms with Gasteiger partial charge in [0.1, 0.15) is 0 Å². The molecule has 8 heteroatoms. The van der Waals surface area contributed by atoms with Gasteiger partial charge in [-0.3, -0.25) is 4.79 Å². The van der Waals surface area contributed by atoms with Crippen LogP contribution in [0.25, 0.3) is 0 Å². The number of aliphatic carboxylic acids is 2. The molecule has 4 nitrogen and oxygen atoms in total. The van der Waals surface area contributed by atoms with Crippen molar-refractivity contribution >= 4 is 11.9 Å². The van der Waals surface area contributed by atoms with E-state index in [0.717, 1.165) is 0 Å². The molecule has 1 aliphatic carbocycles. The van der Waals surface area contributed by atoms with E-state index in [4.69, 9.17) is 10.2 Å². The molecule has 16 heavy (non-hydrogen) atoms. The van der Waals surface area contributed by atoms with Gasteiger partial charge in [-0.15, -0.1) is 0 Å². The summed E-state index contributed by atoms with van der Waals surface area (Å²) in [5, 5.41) is 16.8. The van der Waals surface area contributed by atoms with Crippen LogP contribution in [0.2, 0.25) is 0 Å². The van der Waals surface area contributed by atoms with Crippen LogP contribution in [0.3, 0.4) is 0 Å². The van der Waals surface area contributed by atoms with Gasteiger partial charge in [-0.1, -0.05) is 0 Å². The number of carbonyl (C=O) groups is 2. The van der Waals surface area contributed by atoms with E-state index in [1.54, 1.807) is 0 Å². The van der Waals surface area contributed by atoms with Gasteiger partial charge in [-0.2, -0.15) is 8.78 Å². The molecule has 0 aliphatic heterocycles. The molecule has 0 amide bonds. The second-order valence-corrected chi connectivity index (χ2v) is 2.96. The summed E-state index contributed by atoms with van der Waals surface area (Å²) >= 11 is 0. The fourth-order valence-corrected chi connectivity index (χ4v) is 1.24. The number of rotatable bonds is 2. The highest BCUT2D eigenvalue weighted by atomic mass is 19.3. The van der Waals surface area contributed by atoms with Crippen molar-refractivity contribution in [2.45, 2.75) is 5.92 Å². The molecule has 0 bridgehead atoms. The molecule has 0 saturated heterocycles. The van der Waals surface area contributed by atoms with Gasteiger partial charge in [0.15, 0.2) is 11.7 Å². The highest BCUT2D eigenvalue weighted by Gasteiger charge is 2.56. The molecule has 1 unspecified atom stereocenters. The van der Waals surface area contributed by atoms with Crippen molar-refractivity contribution in [1.29, 1.82) is 0 Å². The molecule has 1 atom stereocenters. The van der Waals surface area contributed by atoms with Gasteiger partial charge < -0.3 is 10.2 Å². The van der Waals surface area contributed by atoms with Crippen molar-refractivity contribution in [1.82, 2.24) is 0 Å². The van der Waals surface area contributed by atoms with E-state index < -0.39 is 41.0 Å². The Balaban J connectivity index is 3.42. The molecule has 2 N–H and O–H groups in total. The van der Waals surface area contributed by atoms with Crippen molar-refractivity contribution in [2.24, 2.45) is 5.92 Å². The van der Waals surface area contributed by atoms with Crippen LogP contribution >= 0.6 is 0 Å². The summed E-state index contributed by atoms with van der Waals surface area (Å²) in [5.74, 6) is -16.6. The molecular weight excluding hydrogens is 236 g/mol. The lowest BCUT2D eigenvalue weighted by Gasteiger charge is -2.25. The van der Waals surface area contributed by atoms with Crippen molar-refractivity contribution in [3.63, 3.8) is 0 Å². The number of halogens is 4. The van der Waals surface area contributed by atoms with Gasteiger partial charge in [0.2, 0.25) is 5.83 Å². The molecule has 88 valence electrons. The summed E-state index contributed by atoms with van der Waals surface area (Å²) in [7, 11) is 0. The first-order valence-corrected chi connectivity index (χ1v) is 3.80. The lowest BCUT2D eigenvalue weighted by atomic mass is 9.87. The Bertz CT molecular complexity index is 424. The number of carboxylic acid groups (broad SMARTS) is 2. The van der Waals surface area contributed by atoms with E-state index in [1.165, 1.54) is 0 Å². The van der Waals surface area contributed by atoms with Crippen LogP contribution in [0, 0.1) is 5.92 Å². The summed E-state index contributed by atoms with van der Waals surface area (Å²) in [6.07, 6.45) is -0.0616. The van der Waals surface area contributed by atoms with E-state index in [0.29, 0.717) is 0 Å². The summed E-state index contributed by atoms with van der Waals surface area (Å²) in [4.78, 5) is 20.9. The molecule has 0 fully saturated rings. The summed E-state index contributed by atoms with van der Waals surface area (Å²) in [5.41, 5.74) is -1.41. The average Bonchev–Trinajstić information content (AvgIpc) is 2.12. The van der Waals surface area contributed by atoms with Gasteiger partial charge in [-0.05, 0) is 6.08 Å². The van der Waals surface area contributed by atoms with E-state index in [-0.39, 0.29) is 6.08 Å². The topological polar surface area (TPSA) is 74.6 Å². The number of hydrogen-bond acceptors (Lipinski definition) is 2. The van der Waals surface area contributed by atoms with E-state index in [1.807, 2.05) is 0 Å². The van der Waals surface area contributed by atoms with Crippen LogP contribution in [-0.2, 0) is 9.59 Å². The third kappa shape index (κ3) is 1.66. The Hall–Kier alpha value is -1.86. The first-order valence-electron chi connectivity index (χ1n) is 3.80. The predicted octanol–water partition coefficient (Wildman–Crippen LogP) is 1.50. The summed E-state index contributed by atoms with van der Waals surface area (Å²) in [6.45, 7) is 0. The maximum absolute atomic E-state index is 13.0. The third-order valence-electron chi connectivity index (χ3n) is 1.95. The highest BCUT2D eigenvalue weighted by molar-refractivity contribution is 5.95. The molecule has 1 aliphatic rings. The number of allylic oxidation sites excluding steroid dienone is 3. The van der Waals surface area contributed by atoms with Crippen LogP contribution < -0.4 is 0 Å². The van der Waals surface area contributed by atoms with Crippen LogP contribution in [-0.4, -0.2) is 28.1 Å². The molecule has 0 saturated carbocycles. The Kier molecular flexibility index (Phi) is 2.76. The maximum Gasteiger partial charge on any atom is 0.332 e. The van der Waals surface area contributed by atoms with Gasteiger partial charge in [0.05, 0.1) is 5.57 Å². The van der Waals surface area contributed by atoms with Crippen LogP contribution in [0.4, 0.5) is 17.6 Å². The van der Waals surface area contributed by atoms with Crippen LogP contribution in [0.5, 0.6) is 0 Å². The van der Waals surface area contributed by atoms with Gasteiger partial charge in [-0.25, -0.2) is 13.6 Å². The summed E-state index contributed by atoms with van der Waals surface area (Å²) < 4.78 is 51.3. The second-order valence-electron chi connectivity index (χ2n) is 2.96. The normalized spacial score (nSPS) is 24.0. The van der Waals surface area contributed by atoms with Crippen molar-refractivity contribution in [3.8, 4) is 0 Å². The first kappa shape index (κ1) is 12.2. The monoisotopic (exact) mass is 240 g/mol. The minimum atomic E-state index is -4.71. The SMILES string of the molecule is O=C(O)C1=CC(F)=C(F)C(F)(F)C1C(=O)O. The Morgan fingerprint density at radius 1 is 1.25 bits per heavy atom. The standard InChI is InChI=1S/C8H4F4O4/c9-3-1-2(6(13)14)4(7(15)16)8(11,12)5(3)10/h1,4H,(H,13,14)(H,15,16). The Morgan fingerprint density at radius 2 is 1.75 bits per heavy atom. The van der Waals surface area contributed by atoms with Crippen LogP contribution in [0.15, 0.2) is 23.3 Å². The zero-order valence-electron chi connectivity index (χ0n) is 7.38. The number of alkyl halides is 2. The largest absolute Gasteiger partial charge is 0.481 e. The van der Waals surface area contributed by atoms with Gasteiger partial charge in [0, 0.05) is 0 Å². The fraction of sp³-hybridized carbons (Fsp3) is 0.250. The molecule has 0 aromatic carbocycles. The number of hydrogen-bond donors (Lipinski definition) is 2. The lowest BCUT2D eigenvalue weighted by Crippen LogP contribution is -2.41. The molecule has 1 rings (SSSR count). The predicted molar refractivity (Wildman–Crippen MR) is 41.0 cm³/mol. The van der Waals surface area contributed by atoms with Crippen molar-refractivity contribution < 1.29 is 37.4 Å². The van der Waals surface area contributed by atoms with Gasteiger partial charge >= 0.3 is 17.9 Å². The molecule has 0 radical (unpaired) electrons. The van der Waals surface area contributed by atoms with Crippen LogP contribution in [0.1, 0.15) is 0 Å². The maximum atomic E-state index is 13.0. The lowest BCUT2D eigenvalue weighted by molar-refractivity contribution is -0.155. The van der Waals surface area contributed by atoms with Crippen molar-refractivity contribution in [2.75, 3.05) is 0 Å². The van der Waals surface area contributed by atoms with Gasteiger partial charge in [0.25, 0.3) is 0 Å². The molecule has 0 aromatic heterocycles.